The second-order valence-corrected chi connectivity index (χ2v) is 3.64. The van der Waals surface area contributed by atoms with Crippen LogP contribution in [0.1, 0.15) is 5.56 Å². The number of anilines is 1. The lowest BCUT2D eigenvalue weighted by Crippen LogP contribution is -1.90. The van der Waals surface area contributed by atoms with E-state index in [2.05, 4.69) is 0 Å². The molecule has 0 unspecified atom stereocenters. The Balaban J connectivity index is 2.23. The van der Waals surface area contributed by atoms with Crippen molar-refractivity contribution in [1.29, 1.82) is 0 Å². The van der Waals surface area contributed by atoms with Gasteiger partial charge in [-0.3, -0.25) is 0 Å². The van der Waals surface area contributed by atoms with Crippen LogP contribution in [-0.4, -0.2) is 0 Å². The van der Waals surface area contributed by atoms with Gasteiger partial charge in [0.2, 0.25) is 0 Å². The summed E-state index contributed by atoms with van der Waals surface area (Å²) in [7, 11) is 0. The van der Waals surface area contributed by atoms with Crippen molar-refractivity contribution in [3.8, 4) is 11.5 Å². The van der Waals surface area contributed by atoms with Gasteiger partial charge >= 0.3 is 0 Å². The minimum atomic E-state index is -0.401. The number of nitrogens with two attached hydrogens (primary N) is 1. The van der Waals surface area contributed by atoms with E-state index in [9.17, 15) is 4.39 Å². The highest BCUT2D eigenvalue weighted by Crippen LogP contribution is 2.24. The molecule has 0 radical (unpaired) electrons. The monoisotopic (exact) mass is 217 g/mol. The van der Waals surface area contributed by atoms with E-state index in [-0.39, 0.29) is 0 Å². The number of ether oxygens (including phenoxy) is 1. The zero-order valence-electron chi connectivity index (χ0n) is 8.91. The third-order valence-electron chi connectivity index (χ3n) is 2.15. The van der Waals surface area contributed by atoms with Gasteiger partial charge in [0, 0.05) is 17.8 Å². The van der Waals surface area contributed by atoms with Crippen molar-refractivity contribution in [2.45, 2.75) is 6.92 Å². The van der Waals surface area contributed by atoms with Crippen LogP contribution in [0.2, 0.25) is 0 Å². The molecule has 0 aliphatic rings. The van der Waals surface area contributed by atoms with Crippen LogP contribution < -0.4 is 10.5 Å². The van der Waals surface area contributed by atoms with Gasteiger partial charge in [-0.2, -0.15) is 0 Å². The van der Waals surface area contributed by atoms with E-state index < -0.39 is 5.82 Å². The molecule has 2 rings (SSSR count). The predicted molar refractivity (Wildman–Crippen MR) is 62.1 cm³/mol. The maximum absolute atomic E-state index is 13.0. The van der Waals surface area contributed by atoms with Crippen LogP contribution in [0.5, 0.6) is 11.5 Å². The molecular formula is C13H12FNO. The highest BCUT2D eigenvalue weighted by Gasteiger charge is 2.01. The topological polar surface area (TPSA) is 35.2 Å². The number of hydrogen-bond acceptors (Lipinski definition) is 2. The summed E-state index contributed by atoms with van der Waals surface area (Å²) in [6, 6.07) is 11.7. The normalized spacial score (nSPS) is 10.1. The largest absolute Gasteiger partial charge is 0.457 e. The number of aryl methyl sites for hydroxylation is 1. The van der Waals surface area contributed by atoms with Gasteiger partial charge in [-0.05, 0) is 25.1 Å². The smallest absolute Gasteiger partial charge is 0.132 e. The third kappa shape index (κ3) is 2.51. The van der Waals surface area contributed by atoms with Crippen molar-refractivity contribution in [3.05, 3.63) is 53.8 Å². The van der Waals surface area contributed by atoms with E-state index in [0.29, 0.717) is 17.2 Å². The Morgan fingerprint density at radius 1 is 1.00 bits per heavy atom. The Morgan fingerprint density at radius 3 is 2.31 bits per heavy atom. The van der Waals surface area contributed by atoms with Crippen LogP contribution in [0.25, 0.3) is 0 Å². The van der Waals surface area contributed by atoms with Crippen molar-refractivity contribution in [2.75, 3.05) is 5.73 Å². The van der Waals surface area contributed by atoms with E-state index in [0.717, 1.165) is 5.56 Å². The van der Waals surface area contributed by atoms with Gasteiger partial charge in [-0.1, -0.05) is 17.7 Å². The van der Waals surface area contributed by atoms with E-state index in [1.807, 2.05) is 31.2 Å². The predicted octanol–water partition coefficient (Wildman–Crippen LogP) is 3.51. The summed E-state index contributed by atoms with van der Waals surface area (Å²) >= 11 is 0. The highest BCUT2D eigenvalue weighted by molar-refractivity contribution is 5.45. The average molecular weight is 217 g/mol. The van der Waals surface area contributed by atoms with Crippen LogP contribution in [-0.2, 0) is 0 Å². The van der Waals surface area contributed by atoms with Crippen molar-refractivity contribution in [3.63, 3.8) is 0 Å². The Kier molecular flexibility index (Phi) is 2.77. The van der Waals surface area contributed by atoms with Crippen molar-refractivity contribution < 1.29 is 9.13 Å². The molecule has 0 aromatic heterocycles. The quantitative estimate of drug-likeness (QED) is 0.781. The Hall–Kier alpha value is -2.03. The molecule has 2 nitrogen and oxygen atoms in total. The molecule has 3 heteroatoms. The second-order valence-electron chi connectivity index (χ2n) is 3.64. The molecule has 2 aromatic rings. The van der Waals surface area contributed by atoms with Crippen LogP contribution in [0.3, 0.4) is 0 Å². The minimum Gasteiger partial charge on any atom is -0.457 e. The first-order valence-corrected chi connectivity index (χ1v) is 4.94. The molecule has 0 bridgehead atoms. The molecule has 0 saturated heterocycles. The maximum Gasteiger partial charge on any atom is 0.132 e. The lowest BCUT2D eigenvalue weighted by atomic mass is 10.2. The van der Waals surface area contributed by atoms with Gasteiger partial charge in [-0.15, -0.1) is 0 Å². The zero-order valence-corrected chi connectivity index (χ0v) is 8.91. The molecule has 0 fully saturated rings. The standard InChI is InChI=1S/C13H12FNO/c1-9-2-4-12(5-3-9)16-13-7-10(14)6-11(15)8-13/h2-8H,15H2,1H3. The van der Waals surface area contributed by atoms with E-state index >= 15 is 0 Å². The summed E-state index contributed by atoms with van der Waals surface area (Å²) in [4.78, 5) is 0. The van der Waals surface area contributed by atoms with Gasteiger partial charge < -0.3 is 10.5 Å². The minimum absolute atomic E-state index is 0.349. The molecular weight excluding hydrogens is 205 g/mol. The second kappa shape index (κ2) is 4.23. The summed E-state index contributed by atoms with van der Waals surface area (Å²) in [5.74, 6) is 0.666. The zero-order chi connectivity index (χ0) is 11.5. The Bertz CT molecular complexity index is 474. The number of halogens is 1. The summed E-state index contributed by atoms with van der Waals surface area (Å²) in [5, 5.41) is 0. The number of rotatable bonds is 2. The van der Waals surface area contributed by atoms with Crippen LogP contribution >= 0.6 is 0 Å². The van der Waals surface area contributed by atoms with E-state index in [4.69, 9.17) is 10.5 Å². The fraction of sp³-hybridized carbons (Fsp3) is 0.0769. The fourth-order valence-corrected chi connectivity index (χ4v) is 1.39. The van der Waals surface area contributed by atoms with Crippen LogP contribution in [0.15, 0.2) is 42.5 Å². The highest BCUT2D eigenvalue weighted by atomic mass is 19.1. The molecule has 0 amide bonds. The molecule has 82 valence electrons. The van der Waals surface area contributed by atoms with Gasteiger partial charge in [0.25, 0.3) is 0 Å². The van der Waals surface area contributed by atoms with Crippen LogP contribution in [0.4, 0.5) is 10.1 Å². The molecule has 0 saturated carbocycles. The van der Waals surface area contributed by atoms with Gasteiger partial charge in [-0.25, -0.2) is 4.39 Å². The molecule has 0 spiro atoms. The Labute approximate surface area is 93.5 Å². The first kappa shape index (κ1) is 10.5. The molecule has 0 heterocycles. The SMILES string of the molecule is Cc1ccc(Oc2cc(N)cc(F)c2)cc1. The summed E-state index contributed by atoms with van der Waals surface area (Å²) in [6.45, 7) is 1.99. The number of nitrogen functional groups attached to an aromatic ring is 1. The van der Waals surface area contributed by atoms with Gasteiger partial charge in [0.15, 0.2) is 0 Å². The van der Waals surface area contributed by atoms with Crippen molar-refractivity contribution in [1.82, 2.24) is 0 Å². The fourth-order valence-electron chi connectivity index (χ4n) is 1.39. The average Bonchev–Trinajstić information content (AvgIpc) is 2.20. The van der Waals surface area contributed by atoms with Crippen molar-refractivity contribution >= 4 is 5.69 Å². The van der Waals surface area contributed by atoms with Crippen molar-refractivity contribution in [2.24, 2.45) is 0 Å². The van der Waals surface area contributed by atoms with E-state index in [1.165, 1.54) is 12.1 Å². The third-order valence-corrected chi connectivity index (χ3v) is 2.15. The first-order valence-electron chi connectivity index (χ1n) is 4.94. The molecule has 0 aliphatic carbocycles. The summed E-state index contributed by atoms with van der Waals surface area (Å²) in [5.41, 5.74) is 7.01. The molecule has 16 heavy (non-hydrogen) atoms. The first-order chi connectivity index (χ1) is 7.63. The summed E-state index contributed by atoms with van der Waals surface area (Å²) < 4.78 is 18.5. The Morgan fingerprint density at radius 2 is 1.69 bits per heavy atom. The van der Waals surface area contributed by atoms with Gasteiger partial charge in [0.05, 0.1) is 0 Å². The lowest BCUT2D eigenvalue weighted by molar-refractivity contribution is 0.477. The molecule has 2 N–H and O–H groups in total. The number of benzene rings is 2. The summed E-state index contributed by atoms with van der Waals surface area (Å²) in [6.07, 6.45) is 0. The molecule has 0 aliphatic heterocycles. The maximum atomic E-state index is 13.0. The van der Waals surface area contributed by atoms with Crippen LogP contribution in [0, 0.1) is 12.7 Å². The van der Waals surface area contributed by atoms with Gasteiger partial charge in [0.1, 0.15) is 17.3 Å². The lowest BCUT2D eigenvalue weighted by Gasteiger charge is -2.06. The number of hydrogen-bond donors (Lipinski definition) is 1. The molecule has 0 atom stereocenters. The molecule has 2 aromatic carbocycles. The van der Waals surface area contributed by atoms with E-state index in [1.54, 1.807) is 6.07 Å².